The van der Waals surface area contributed by atoms with Gasteiger partial charge in [-0.15, -0.1) is 10.2 Å². The summed E-state index contributed by atoms with van der Waals surface area (Å²) in [5, 5.41) is 8.84. The lowest BCUT2D eigenvalue weighted by molar-refractivity contribution is -0.132. The monoisotopic (exact) mass is 559 g/mol. The molecule has 0 N–H and O–H groups in total. The number of fused-ring (bicyclic) bond motifs is 1. The Morgan fingerprint density at radius 2 is 1.78 bits per heavy atom. The normalized spacial score (nSPS) is 17.9. The summed E-state index contributed by atoms with van der Waals surface area (Å²) < 4.78 is 21.8. The summed E-state index contributed by atoms with van der Waals surface area (Å²) in [7, 11) is 1.64. The van der Waals surface area contributed by atoms with Crippen LogP contribution in [-0.4, -0.2) is 97.7 Å². The number of methoxy groups -OCH3 is 1. The number of anilines is 1. The number of nitrogens with zero attached hydrogens (tertiary/aromatic N) is 5. The van der Waals surface area contributed by atoms with Crippen molar-refractivity contribution in [2.24, 2.45) is 0 Å². The van der Waals surface area contributed by atoms with Gasteiger partial charge in [0.2, 0.25) is 12.7 Å². The molecule has 3 aliphatic heterocycles. The fourth-order valence-corrected chi connectivity index (χ4v) is 5.32. The number of carbonyl (C=O) groups is 2. The molecular formula is C30H33N5O6. The summed E-state index contributed by atoms with van der Waals surface area (Å²) in [6.45, 7) is 3.50. The minimum absolute atomic E-state index is 0.0104. The maximum absolute atomic E-state index is 13.5. The van der Waals surface area contributed by atoms with Crippen molar-refractivity contribution in [1.29, 1.82) is 0 Å². The molecule has 0 bridgehead atoms. The minimum atomic E-state index is -0.224. The molecule has 0 radical (unpaired) electrons. The molecule has 11 nitrogen and oxygen atoms in total. The van der Waals surface area contributed by atoms with E-state index < -0.39 is 0 Å². The highest BCUT2D eigenvalue weighted by molar-refractivity contribution is 5.97. The number of rotatable bonds is 8. The number of piperazine rings is 1. The van der Waals surface area contributed by atoms with Gasteiger partial charge in [-0.25, -0.2) is 0 Å². The van der Waals surface area contributed by atoms with Crippen LogP contribution in [0, 0.1) is 0 Å². The SMILES string of the molecule is COc1ccc(-c2ccc(N3CCN(C(=O)CN(CC4CCCO4)C(=O)c4ccc5c(c4)OCO5)CC3)nn2)cc1. The molecule has 41 heavy (non-hydrogen) atoms. The number of benzene rings is 2. The Balaban J connectivity index is 1.07. The van der Waals surface area contributed by atoms with Crippen LogP contribution in [0.3, 0.4) is 0 Å². The van der Waals surface area contributed by atoms with Gasteiger partial charge in [0.15, 0.2) is 17.3 Å². The van der Waals surface area contributed by atoms with Crippen LogP contribution in [0.5, 0.6) is 17.2 Å². The number of aromatic nitrogens is 2. The van der Waals surface area contributed by atoms with Gasteiger partial charge in [0, 0.05) is 50.5 Å². The van der Waals surface area contributed by atoms with Gasteiger partial charge in [-0.05, 0) is 67.4 Å². The van der Waals surface area contributed by atoms with Crippen LogP contribution in [0.25, 0.3) is 11.3 Å². The van der Waals surface area contributed by atoms with Gasteiger partial charge in [-0.3, -0.25) is 9.59 Å². The van der Waals surface area contributed by atoms with Crippen LogP contribution in [0.15, 0.2) is 54.6 Å². The molecule has 1 atom stereocenters. The molecule has 4 heterocycles. The van der Waals surface area contributed by atoms with Crippen molar-refractivity contribution in [2.45, 2.75) is 18.9 Å². The molecule has 0 saturated carbocycles. The topological polar surface area (TPSA) is 107 Å². The van der Waals surface area contributed by atoms with E-state index in [1.807, 2.05) is 41.3 Å². The summed E-state index contributed by atoms with van der Waals surface area (Å²) in [5.41, 5.74) is 2.20. The number of amides is 2. The van der Waals surface area contributed by atoms with Gasteiger partial charge >= 0.3 is 0 Å². The Kier molecular flexibility index (Phi) is 7.86. The van der Waals surface area contributed by atoms with Gasteiger partial charge in [-0.2, -0.15) is 0 Å². The number of carbonyl (C=O) groups excluding carboxylic acids is 2. The van der Waals surface area contributed by atoms with E-state index in [1.54, 1.807) is 30.2 Å². The molecular weight excluding hydrogens is 526 g/mol. The zero-order valence-corrected chi connectivity index (χ0v) is 23.0. The molecule has 2 saturated heterocycles. The molecule has 3 aliphatic rings. The van der Waals surface area contributed by atoms with Gasteiger partial charge < -0.3 is 33.6 Å². The maximum Gasteiger partial charge on any atom is 0.254 e. The molecule has 1 unspecified atom stereocenters. The van der Waals surface area contributed by atoms with Crippen molar-refractivity contribution >= 4 is 17.6 Å². The van der Waals surface area contributed by atoms with Crippen molar-refractivity contribution in [3.63, 3.8) is 0 Å². The third-order valence-electron chi connectivity index (χ3n) is 7.67. The average molecular weight is 560 g/mol. The van der Waals surface area contributed by atoms with Crippen LogP contribution in [0.1, 0.15) is 23.2 Å². The highest BCUT2D eigenvalue weighted by Crippen LogP contribution is 2.33. The number of hydrogen-bond acceptors (Lipinski definition) is 9. The second kappa shape index (κ2) is 12.0. The fourth-order valence-electron chi connectivity index (χ4n) is 5.32. The Hall–Kier alpha value is -4.38. The van der Waals surface area contributed by atoms with Crippen molar-refractivity contribution < 1.29 is 28.5 Å². The third-order valence-corrected chi connectivity index (χ3v) is 7.67. The van der Waals surface area contributed by atoms with Gasteiger partial charge in [0.05, 0.1) is 18.9 Å². The van der Waals surface area contributed by atoms with Crippen molar-refractivity contribution in [2.75, 3.05) is 64.7 Å². The predicted molar refractivity (Wildman–Crippen MR) is 150 cm³/mol. The lowest BCUT2D eigenvalue weighted by Crippen LogP contribution is -2.52. The third kappa shape index (κ3) is 6.04. The lowest BCUT2D eigenvalue weighted by Gasteiger charge is -2.36. The van der Waals surface area contributed by atoms with E-state index in [1.165, 1.54) is 0 Å². The molecule has 1 aromatic heterocycles. The number of ether oxygens (including phenoxy) is 4. The van der Waals surface area contributed by atoms with Crippen LogP contribution in [0.4, 0.5) is 5.82 Å². The quantitative estimate of drug-likeness (QED) is 0.412. The smallest absolute Gasteiger partial charge is 0.254 e. The molecule has 0 spiro atoms. The van der Waals surface area contributed by atoms with Crippen molar-refractivity contribution in [3.8, 4) is 28.5 Å². The lowest BCUT2D eigenvalue weighted by atomic mass is 10.1. The Labute approximate surface area is 238 Å². The molecule has 2 aromatic carbocycles. The summed E-state index contributed by atoms with van der Waals surface area (Å²) in [5.74, 6) is 2.40. The molecule has 2 fully saturated rings. The molecule has 3 aromatic rings. The molecule has 6 rings (SSSR count). The van der Waals surface area contributed by atoms with E-state index in [4.69, 9.17) is 18.9 Å². The van der Waals surface area contributed by atoms with Gasteiger partial charge in [-0.1, -0.05) is 0 Å². The van der Waals surface area contributed by atoms with Gasteiger partial charge in [0.25, 0.3) is 5.91 Å². The Morgan fingerprint density at radius 1 is 0.976 bits per heavy atom. The first-order valence-electron chi connectivity index (χ1n) is 13.9. The summed E-state index contributed by atoms with van der Waals surface area (Å²) in [6.07, 6.45) is 1.75. The molecule has 214 valence electrons. The minimum Gasteiger partial charge on any atom is -0.497 e. The standard InChI is InChI=1S/C30H33N5O6/c1-38-23-7-4-21(5-8-23)25-9-11-28(32-31-25)33-12-14-34(15-13-33)29(36)19-35(18-24-3-2-16-39-24)30(37)22-6-10-26-27(17-22)41-20-40-26/h4-11,17,24H,2-3,12-16,18-20H2,1H3. The van der Waals surface area contributed by atoms with Crippen molar-refractivity contribution in [1.82, 2.24) is 20.0 Å². The Bertz CT molecular complexity index is 1370. The van der Waals surface area contributed by atoms with E-state index in [9.17, 15) is 9.59 Å². The second-order valence-electron chi connectivity index (χ2n) is 10.3. The number of hydrogen-bond donors (Lipinski definition) is 0. The zero-order valence-electron chi connectivity index (χ0n) is 23.0. The van der Waals surface area contributed by atoms with Crippen LogP contribution < -0.4 is 19.1 Å². The van der Waals surface area contributed by atoms with E-state index in [-0.39, 0.29) is 31.3 Å². The van der Waals surface area contributed by atoms with Crippen LogP contribution in [-0.2, 0) is 9.53 Å². The Morgan fingerprint density at radius 3 is 2.49 bits per heavy atom. The highest BCUT2D eigenvalue weighted by Gasteiger charge is 2.29. The zero-order chi connectivity index (χ0) is 28.2. The van der Waals surface area contributed by atoms with Crippen molar-refractivity contribution in [3.05, 3.63) is 60.2 Å². The van der Waals surface area contributed by atoms with E-state index in [0.717, 1.165) is 35.7 Å². The largest absolute Gasteiger partial charge is 0.497 e. The summed E-state index contributed by atoms with van der Waals surface area (Å²) >= 11 is 0. The first-order chi connectivity index (χ1) is 20.1. The highest BCUT2D eigenvalue weighted by atomic mass is 16.7. The first-order valence-corrected chi connectivity index (χ1v) is 13.9. The molecule has 11 heteroatoms. The van der Waals surface area contributed by atoms with Crippen LogP contribution >= 0.6 is 0 Å². The van der Waals surface area contributed by atoms with Crippen LogP contribution in [0.2, 0.25) is 0 Å². The van der Waals surface area contributed by atoms with Gasteiger partial charge in [0.1, 0.15) is 12.3 Å². The van der Waals surface area contributed by atoms with E-state index in [0.29, 0.717) is 56.4 Å². The average Bonchev–Trinajstić information content (AvgIpc) is 3.72. The fraction of sp³-hybridized carbons (Fsp3) is 0.400. The predicted octanol–water partition coefficient (Wildman–Crippen LogP) is 2.85. The van der Waals surface area contributed by atoms with E-state index in [2.05, 4.69) is 15.1 Å². The maximum atomic E-state index is 13.5. The summed E-state index contributed by atoms with van der Waals surface area (Å²) in [4.78, 5) is 32.4. The first kappa shape index (κ1) is 26.8. The molecule has 0 aliphatic carbocycles. The summed E-state index contributed by atoms with van der Waals surface area (Å²) in [6, 6.07) is 16.7. The molecule has 2 amide bonds. The second-order valence-corrected chi connectivity index (χ2v) is 10.3. The van der Waals surface area contributed by atoms with E-state index >= 15 is 0 Å².